The van der Waals surface area contributed by atoms with Crippen LogP contribution in [0.25, 0.3) is 0 Å². The third-order valence-corrected chi connectivity index (χ3v) is 4.34. The molecule has 2 rings (SSSR count). The van der Waals surface area contributed by atoms with Gasteiger partial charge in [-0.25, -0.2) is 0 Å². The van der Waals surface area contributed by atoms with E-state index in [1.165, 1.54) is 11.5 Å². The number of carbonyl (C=O) groups excluding carboxylic acids is 1. The summed E-state index contributed by atoms with van der Waals surface area (Å²) < 4.78 is 0. The molecule has 0 radical (unpaired) electrons. The highest BCUT2D eigenvalue weighted by atomic mass is 32.2. The van der Waals surface area contributed by atoms with E-state index in [9.17, 15) is 4.79 Å². The van der Waals surface area contributed by atoms with Gasteiger partial charge in [0.2, 0.25) is 0 Å². The van der Waals surface area contributed by atoms with Crippen molar-refractivity contribution >= 4 is 29.0 Å². The van der Waals surface area contributed by atoms with E-state index in [2.05, 4.69) is 5.32 Å². The van der Waals surface area contributed by atoms with E-state index < -0.39 is 0 Å². The van der Waals surface area contributed by atoms with E-state index in [-0.39, 0.29) is 5.91 Å². The second kappa shape index (κ2) is 6.19. The lowest BCUT2D eigenvalue weighted by Gasteiger charge is -2.24. The van der Waals surface area contributed by atoms with E-state index in [1.54, 1.807) is 31.1 Å². The molecule has 1 saturated heterocycles. The molecule has 1 amide bonds. The number of nitrogen functional groups attached to an aromatic ring is 1. The van der Waals surface area contributed by atoms with Crippen molar-refractivity contribution in [1.29, 1.82) is 0 Å². The number of thioether (sulfide) groups is 1. The van der Waals surface area contributed by atoms with Gasteiger partial charge >= 0.3 is 0 Å². The lowest BCUT2D eigenvalue weighted by molar-refractivity contribution is 0.0827. The van der Waals surface area contributed by atoms with Crippen molar-refractivity contribution in [2.24, 2.45) is 0 Å². The lowest BCUT2D eigenvalue weighted by Crippen LogP contribution is -2.26. The van der Waals surface area contributed by atoms with E-state index in [1.807, 2.05) is 17.8 Å². The molecular formula is C14H21N3OS. The number of carbonyl (C=O) groups is 1. The van der Waals surface area contributed by atoms with Crippen LogP contribution in [-0.4, -0.2) is 42.4 Å². The summed E-state index contributed by atoms with van der Waals surface area (Å²) in [5, 5.41) is 3.47. The summed E-state index contributed by atoms with van der Waals surface area (Å²) in [5.74, 6) is 2.38. The first kappa shape index (κ1) is 14.1. The number of hydrogen-bond donors (Lipinski definition) is 2. The zero-order valence-corrected chi connectivity index (χ0v) is 12.3. The topological polar surface area (TPSA) is 58.4 Å². The molecule has 0 saturated carbocycles. The van der Waals surface area contributed by atoms with Crippen LogP contribution >= 0.6 is 11.8 Å². The summed E-state index contributed by atoms with van der Waals surface area (Å²) in [6, 6.07) is 5.91. The summed E-state index contributed by atoms with van der Waals surface area (Å²) in [7, 11) is 3.51. The maximum absolute atomic E-state index is 12.0. The molecule has 0 bridgehead atoms. The van der Waals surface area contributed by atoms with Crippen LogP contribution in [0, 0.1) is 0 Å². The van der Waals surface area contributed by atoms with Crippen molar-refractivity contribution < 1.29 is 4.79 Å². The number of nitrogens with two attached hydrogens (primary N) is 1. The molecule has 3 N–H and O–H groups in total. The molecule has 0 atom stereocenters. The molecule has 19 heavy (non-hydrogen) atoms. The summed E-state index contributed by atoms with van der Waals surface area (Å²) >= 11 is 1.99. The molecule has 0 aliphatic carbocycles. The standard InChI is InChI=1S/C14H21N3OS/c1-17(2)14(18)10-3-4-12(15)13(9-10)16-11-5-7-19-8-6-11/h3-4,9,11,16H,5-8,15H2,1-2H3. The Morgan fingerprint density at radius 2 is 2.05 bits per heavy atom. The van der Waals surface area contributed by atoms with Gasteiger partial charge in [-0.05, 0) is 42.5 Å². The maximum atomic E-state index is 12.0. The fourth-order valence-corrected chi connectivity index (χ4v) is 3.24. The lowest BCUT2D eigenvalue weighted by atomic mass is 10.1. The number of nitrogens with one attached hydrogen (secondary N) is 1. The van der Waals surface area contributed by atoms with Crippen LogP contribution < -0.4 is 11.1 Å². The van der Waals surface area contributed by atoms with Crippen LogP contribution in [0.4, 0.5) is 11.4 Å². The van der Waals surface area contributed by atoms with E-state index >= 15 is 0 Å². The van der Waals surface area contributed by atoms with Crippen molar-refractivity contribution in [3.05, 3.63) is 23.8 Å². The van der Waals surface area contributed by atoms with Crippen LogP contribution in [-0.2, 0) is 0 Å². The fourth-order valence-electron chi connectivity index (χ4n) is 2.13. The number of anilines is 2. The van der Waals surface area contributed by atoms with Crippen molar-refractivity contribution in [2.45, 2.75) is 18.9 Å². The van der Waals surface area contributed by atoms with Crippen molar-refractivity contribution in [2.75, 3.05) is 36.7 Å². The molecule has 1 aromatic rings. The molecule has 1 aromatic carbocycles. The van der Waals surface area contributed by atoms with Gasteiger partial charge in [0, 0.05) is 25.7 Å². The van der Waals surface area contributed by atoms with Gasteiger partial charge in [-0.15, -0.1) is 0 Å². The Labute approximate surface area is 118 Å². The highest BCUT2D eigenvalue weighted by Crippen LogP contribution is 2.25. The third kappa shape index (κ3) is 3.56. The first-order chi connectivity index (χ1) is 9.08. The zero-order chi connectivity index (χ0) is 13.8. The van der Waals surface area contributed by atoms with Gasteiger partial charge < -0.3 is 16.0 Å². The quantitative estimate of drug-likeness (QED) is 0.833. The molecule has 104 valence electrons. The molecule has 1 aliphatic heterocycles. The Hall–Kier alpha value is -1.36. The molecular weight excluding hydrogens is 258 g/mol. The first-order valence-corrected chi connectivity index (χ1v) is 7.69. The highest BCUT2D eigenvalue weighted by molar-refractivity contribution is 7.99. The van der Waals surface area contributed by atoms with Gasteiger partial charge in [0.25, 0.3) is 5.91 Å². The Kier molecular flexibility index (Phi) is 4.58. The predicted molar refractivity (Wildman–Crippen MR) is 82.8 cm³/mol. The molecule has 0 aromatic heterocycles. The largest absolute Gasteiger partial charge is 0.397 e. The minimum Gasteiger partial charge on any atom is -0.397 e. The van der Waals surface area contributed by atoms with Crippen molar-refractivity contribution in [3.63, 3.8) is 0 Å². The Bertz CT molecular complexity index is 456. The minimum absolute atomic E-state index is 0.00208. The van der Waals surface area contributed by atoms with Crippen LogP contribution in [0.15, 0.2) is 18.2 Å². The van der Waals surface area contributed by atoms with Crippen LogP contribution in [0.3, 0.4) is 0 Å². The smallest absolute Gasteiger partial charge is 0.253 e. The SMILES string of the molecule is CN(C)C(=O)c1ccc(N)c(NC2CCSCC2)c1. The number of hydrogen-bond acceptors (Lipinski definition) is 4. The molecule has 5 heteroatoms. The van der Waals surface area contributed by atoms with E-state index in [4.69, 9.17) is 5.73 Å². The van der Waals surface area contributed by atoms with Gasteiger partial charge in [-0.3, -0.25) is 4.79 Å². The molecule has 1 heterocycles. The van der Waals surface area contributed by atoms with Crippen LogP contribution in [0.1, 0.15) is 23.2 Å². The molecule has 4 nitrogen and oxygen atoms in total. The number of rotatable bonds is 3. The molecule has 1 aliphatic rings. The Morgan fingerprint density at radius 3 is 2.68 bits per heavy atom. The number of benzene rings is 1. The van der Waals surface area contributed by atoms with Crippen molar-refractivity contribution in [1.82, 2.24) is 4.90 Å². The monoisotopic (exact) mass is 279 g/mol. The average molecular weight is 279 g/mol. The van der Waals surface area contributed by atoms with Gasteiger partial charge in [0.1, 0.15) is 0 Å². The first-order valence-electron chi connectivity index (χ1n) is 6.53. The Balaban J connectivity index is 2.14. The van der Waals surface area contributed by atoms with E-state index in [0.29, 0.717) is 17.3 Å². The summed E-state index contributed by atoms with van der Waals surface area (Å²) in [4.78, 5) is 13.5. The zero-order valence-electron chi connectivity index (χ0n) is 11.5. The summed E-state index contributed by atoms with van der Waals surface area (Å²) in [5.41, 5.74) is 8.24. The summed E-state index contributed by atoms with van der Waals surface area (Å²) in [6.45, 7) is 0. The fraction of sp³-hybridized carbons (Fsp3) is 0.500. The van der Waals surface area contributed by atoms with E-state index in [0.717, 1.165) is 18.5 Å². The maximum Gasteiger partial charge on any atom is 0.253 e. The average Bonchev–Trinajstić information content (AvgIpc) is 2.41. The second-order valence-corrected chi connectivity index (χ2v) is 6.26. The Morgan fingerprint density at radius 1 is 1.37 bits per heavy atom. The number of amides is 1. The predicted octanol–water partition coefficient (Wildman–Crippen LogP) is 2.28. The van der Waals surface area contributed by atoms with Gasteiger partial charge in [0.15, 0.2) is 0 Å². The van der Waals surface area contributed by atoms with Crippen LogP contribution in [0.5, 0.6) is 0 Å². The van der Waals surface area contributed by atoms with Gasteiger partial charge in [0.05, 0.1) is 11.4 Å². The third-order valence-electron chi connectivity index (χ3n) is 3.29. The summed E-state index contributed by atoms with van der Waals surface area (Å²) in [6.07, 6.45) is 2.30. The molecule has 0 unspecified atom stereocenters. The van der Waals surface area contributed by atoms with Gasteiger partial charge in [-0.2, -0.15) is 11.8 Å². The van der Waals surface area contributed by atoms with Crippen LogP contribution in [0.2, 0.25) is 0 Å². The second-order valence-electron chi connectivity index (χ2n) is 5.03. The minimum atomic E-state index is 0.00208. The number of nitrogens with zero attached hydrogens (tertiary/aromatic N) is 1. The molecule has 1 fully saturated rings. The normalized spacial score (nSPS) is 16.1. The van der Waals surface area contributed by atoms with Crippen molar-refractivity contribution in [3.8, 4) is 0 Å². The van der Waals surface area contributed by atoms with Gasteiger partial charge in [-0.1, -0.05) is 0 Å². The molecule has 0 spiro atoms. The highest BCUT2D eigenvalue weighted by Gasteiger charge is 2.16.